The highest BCUT2D eigenvalue weighted by atomic mass is 16.5. The Balaban J connectivity index is 3.33. The Morgan fingerprint density at radius 2 is 1.00 bits per heavy atom. The minimum Gasteiger partial charge on any atom is -0.466 e. The molecule has 0 aliphatic carbocycles. The van der Waals surface area contributed by atoms with E-state index in [0.29, 0.717) is 19.1 Å². The van der Waals surface area contributed by atoms with E-state index < -0.39 is 0 Å². The summed E-state index contributed by atoms with van der Waals surface area (Å²) in [6.45, 7) is 5.96. The number of ether oxygens (including phenoxy) is 3. The lowest BCUT2D eigenvalue weighted by molar-refractivity contribution is -0.150. The Morgan fingerprint density at radius 3 is 1.47 bits per heavy atom. The van der Waals surface area contributed by atoms with Crippen LogP contribution < -0.4 is 0 Å². The molecule has 1 unspecified atom stereocenters. The largest absolute Gasteiger partial charge is 0.466 e. The van der Waals surface area contributed by atoms with Crippen LogP contribution in [0.3, 0.4) is 0 Å². The molecule has 5 nitrogen and oxygen atoms in total. The molecule has 0 bridgehead atoms. The van der Waals surface area contributed by atoms with Crippen LogP contribution in [0.4, 0.5) is 0 Å². The topological polar surface area (TPSA) is 61.8 Å². The van der Waals surface area contributed by atoms with Crippen LogP contribution in [0, 0.1) is 5.92 Å². The third-order valence-corrected chi connectivity index (χ3v) is 5.98. The Morgan fingerprint density at radius 1 is 0.594 bits per heavy atom. The maximum Gasteiger partial charge on any atom is 0.306 e. The average Bonchev–Trinajstić information content (AvgIpc) is 2.78. The van der Waals surface area contributed by atoms with E-state index in [1.165, 1.54) is 77.0 Å². The standard InChI is InChI=1S/C27H52O5/c1-4-5-6-7-8-9-10-11-12-13-14-15-16-17-22-31-26(28)18-19-27(29)32-24-21-25(2)20-23-30-3/h25H,4-24H2,1-3H3. The van der Waals surface area contributed by atoms with E-state index in [4.69, 9.17) is 14.2 Å². The van der Waals surface area contributed by atoms with E-state index in [0.717, 1.165) is 32.3 Å². The summed E-state index contributed by atoms with van der Waals surface area (Å²) >= 11 is 0. The third-order valence-electron chi connectivity index (χ3n) is 5.98. The predicted octanol–water partition coefficient (Wildman–Crippen LogP) is 7.40. The van der Waals surface area contributed by atoms with Gasteiger partial charge in [-0.05, 0) is 25.2 Å². The molecule has 5 heteroatoms. The maximum absolute atomic E-state index is 11.7. The third kappa shape index (κ3) is 23.6. The zero-order valence-electron chi connectivity index (χ0n) is 21.5. The van der Waals surface area contributed by atoms with Crippen molar-refractivity contribution in [3.63, 3.8) is 0 Å². The number of carbonyl (C=O) groups excluding carboxylic acids is 2. The first-order valence-electron chi connectivity index (χ1n) is 13.4. The molecule has 0 heterocycles. The van der Waals surface area contributed by atoms with Crippen molar-refractivity contribution in [1.82, 2.24) is 0 Å². The van der Waals surface area contributed by atoms with Gasteiger partial charge in [0.05, 0.1) is 26.1 Å². The van der Waals surface area contributed by atoms with Gasteiger partial charge in [0, 0.05) is 13.7 Å². The molecular formula is C27H52O5. The Kier molecular flexibility index (Phi) is 23.7. The van der Waals surface area contributed by atoms with Crippen molar-refractivity contribution in [3.05, 3.63) is 0 Å². The van der Waals surface area contributed by atoms with Gasteiger partial charge >= 0.3 is 11.9 Å². The molecule has 0 aromatic heterocycles. The first-order valence-corrected chi connectivity index (χ1v) is 13.4. The first kappa shape index (κ1) is 30.9. The molecule has 0 aliphatic heterocycles. The van der Waals surface area contributed by atoms with E-state index in [1.807, 2.05) is 0 Å². The molecule has 0 amide bonds. The second kappa shape index (κ2) is 24.5. The number of hydrogen-bond donors (Lipinski definition) is 0. The number of unbranched alkanes of at least 4 members (excludes halogenated alkanes) is 13. The minimum absolute atomic E-state index is 0.101. The fourth-order valence-electron chi connectivity index (χ4n) is 3.67. The molecule has 32 heavy (non-hydrogen) atoms. The number of hydrogen-bond acceptors (Lipinski definition) is 5. The van der Waals surface area contributed by atoms with Crippen molar-refractivity contribution in [2.45, 2.75) is 129 Å². The van der Waals surface area contributed by atoms with E-state index in [9.17, 15) is 9.59 Å². The predicted molar refractivity (Wildman–Crippen MR) is 132 cm³/mol. The summed E-state index contributed by atoms with van der Waals surface area (Å²) in [6.07, 6.45) is 20.3. The van der Waals surface area contributed by atoms with Crippen LogP contribution >= 0.6 is 0 Å². The van der Waals surface area contributed by atoms with Gasteiger partial charge in [0.1, 0.15) is 0 Å². The zero-order chi connectivity index (χ0) is 23.7. The van der Waals surface area contributed by atoms with Gasteiger partial charge in [0.15, 0.2) is 0 Å². The number of esters is 2. The van der Waals surface area contributed by atoms with Gasteiger partial charge in [-0.3, -0.25) is 9.59 Å². The second-order valence-electron chi connectivity index (χ2n) is 9.21. The lowest BCUT2D eigenvalue weighted by Gasteiger charge is -2.11. The van der Waals surface area contributed by atoms with E-state index in [2.05, 4.69) is 13.8 Å². The zero-order valence-corrected chi connectivity index (χ0v) is 21.5. The van der Waals surface area contributed by atoms with Gasteiger partial charge in [-0.15, -0.1) is 0 Å². The molecule has 0 aromatic carbocycles. The summed E-state index contributed by atoms with van der Waals surface area (Å²) in [5, 5.41) is 0. The van der Waals surface area contributed by atoms with Crippen molar-refractivity contribution in [2.24, 2.45) is 5.92 Å². The molecule has 0 aliphatic rings. The fraction of sp³-hybridized carbons (Fsp3) is 0.926. The highest BCUT2D eigenvalue weighted by Gasteiger charge is 2.10. The maximum atomic E-state index is 11.7. The van der Waals surface area contributed by atoms with Crippen LogP contribution in [-0.4, -0.2) is 38.9 Å². The van der Waals surface area contributed by atoms with Gasteiger partial charge in [-0.1, -0.05) is 97.3 Å². The smallest absolute Gasteiger partial charge is 0.306 e. The number of rotatable bonds is 24. The van der Waals surface area contributed by atoms with Gasteiger partial charge in [0.2, 0.25) is 0 Å². The van der Waals surface area contributed by atoms with Crippen LogP contribution in [0.15, 0.2) is 0 Å². The van der Waals surface area contributed by atoms with Gasteiger partial charge in [-0.25, -0.2) is 0 Å². The number of methoxy groups -OCH3 is 1. The quantitative estimate of drug-likeness (QED) is 0.112. The fourth-order valence-corrected chi connectivity index (χ4v) is 3.67. The van der Waals surface area contributed by atoms with E-state index in [1.54, 1.807) is 7.11 Å². The Labute approximate surface area is 198 Å². The lowest BCUT2D eigenvalue weighted by atomic mass is 10.0. The normalized spacial score (nSPS) is 12.0. The van der Waals surface area contributed by atoms with E-state index >= 15 is 0 Å². The average molecular weight is 457 g/mol. The summed E-state index contributed by atoms with van der Waals surface area (Å²) in [4.78, 5) is 23.4. The number of carbonyl (C=O) groups is 2. The first-order chi connectivity index (χ1) is 15.6. The van der Waals surface area contributed by atoms with Crippen molar-refractivity contribution < 1.29 is 23.8 Å². The molecule has 0 spiro atoms. The van der Waals surface area contributed by atoms with Crippen LogP contribution in [0.5, 0.6) is 0 Å². The molecule has 1 atom stereocenters. The van der Waals surface area contributed by atoms with Gasteiger partial charge < -0.3 is 14.2 Å². The van der Waals surface area contributed by atoms with Crippen molar-refractivity contribution >= 4 is 11.9 Å². The summed E-state index contributed by atoms with van der Waals surface area (Å²) in [6, 6.07) is 0. The van der Waals surface area contributed by atoms with Gasteiger partial charge in [0.25, 0.3) is 0 Å². The molecule has 0 radical (unpaired) electrons. The molecule has 0 saturated carbocycles. The van der Waals surface area contributed by atoms with Gasteiger partial charge in [-0.2, -0.15) is 0 Å². The highest BCUT2D eigenvalue weighted by molar-refractivity contribution is 5.77. The lowest BCUT2D eigenvalue weighted by Crippen LogP contribution is -2.13. The molecule has 0 N–H and O–H groups in total. The summed E-state index contributed by atoms with van der Waals surface area (Å²) < 4.78 is 15.5. The Hall–Kier alpha value is -1.10. The molecule has 190 valence electrons. The summed E-state index contributed by atoms with van der Waals surface area (Å²) in [7, 11) is 1.69. The van der Waals surface area contributed by atoms with Crippen LogP contribution in [0.2, 0.25) is 0 Å². The molecular weight excluding hydrogens is 404 g/mol. The van der Waals surface area contributed by atoms with Crippen molar-refractivity contribution in [3.8, 4) is 0 Å². The monoisotopic (exact) mass is 456 g/mol. The molecule has 0 saturated heterocycles. The molecule has 0 fully saturated rings. The van der Waals surface area contributed by atoms with Crippen LogP contribution in [0.25, 0.3) is 0 Å². The molecule has 0 aromatic rings. The van der Waals surface area contributed by atoms with Crippen molar-refractivity contribution in [2.75, 3.05) is 26.9 Å². The SMILES string of the molecule is CCCCCCCCCCCCCCCCOC(=O)CCC(=O)OCCC(C)CCOC. The van der Waals surface area contributed by atoms with Crippen molar-refractivity contribution in [1.29, 1.82) is 0 Å². The van der Waals surface area contributed by atoms with Crippen LogP contribution in [0.1, 0.15) is 129 Å². The minimum atomic E-state index is -0.322. The summed E-state index contributed by atoms with van der Waals surface area (Å²) in [5.74, 6) is -0.166. The second-order valence-corrected chi connectivity index (χ2v) is 9.21. The summed E-state index contributed by atoms with van der Waals surface area (Å²) in [5.41, 5.74) is 0. The van der Waals surface area contributed by atoms with E-state index in [-0.39, 0.29) is 24.8 Å². The Bertz CT molecular complexity index is 424. The van der Waals surface area contributed by atoms with Crippen LogP contribution in [-0.2, 0) is 23.8 Å². The highest BCUT2D eigenvalue weighted by Crippen LogP contribution is 2.13. The molecule has 0 rings (SSSR count).